The van der Waals surface area contributed by atoms with Gasteiger partial charge in [-0.2, -0.15) is 0 Å². The lowest BCUT2D eigenvalue weighted by Gasteiger charge is -2.43. The number of nitrogens with zero attached hydrogens (tertiary/aromatic N) is 2. The fourth-order valence-corrected chi connectivity index (χ4v) is 5.14. The maximum atomic E-state index is 10.5. The fourth-order valence-electron chi connectivity index (χ4n) is 5.14. The summed E-state index contributed by atoms with van der Waals surface area (Å²) in [5.41, 5.74) is 5.92. The molecule has 2 saturated carbocycles. The molecule has 4 N–H and O–H groups in total. The van der Waals surface area contributed by atoms with Crippen LogP contribution in [0.5, 0.6) is 0 Å². The van der Waals surface area contributed by atoms with Crippen LogP contribution >= 0.6 is 0 Å². The Labute approximate surface area is 153 Å². The zero-order valence-corrected chi connectivity index (χ0v) is 16.1. The minimum absolute atomic E-state index is 0.229. The van der Waals surface area contributed by atoms with Crippen LogP contribution in [-0.4, -0.2) is 47.9 Å². The lowest BCUT2D eigenvalue weighted by Crippen LogP contribution is -2.56. The van der Waals surface area contributed by atoms with Crippen molar-refractivity contribution < 1.29 is 5.11 Å². The third-order valence-electron chi connectivity index (χ3n) is 6.73. The zero-order valence-electron chi connectivity index (χ0n) is 16.1. The van der Waals surface area contributed by atoms with Crippen LogP contribution in [-0.2, 0) is 0 Å². The molecule has 2 fully saturated rings. The van der Waals surface area contributed by atoms with Gasteiger partial charge >= 0.3 is 0 Å². The van der Waals surface area contributed by atoms with Crippen LogP contribution in [0.3, 0.4) is 0 Å². The average Bonchev–Trinajstić information content (AvgIpc) is 2.61. The van der Waals surface area contributed by atoms with Gasteiger partial charge in [0.05, 0.1) is 5.54 Å². The lowest BCUT2D eigenvalue weighted by atomic mass is 9.77. The Morgan fingerprint density at radius 2 is 1.68 bits per heavy atom. The summed E-state index contributed by atoms with van der Waals surface area (Å²) in [6.07, 6.45) is 14.8. The van der Waals surface area contributed by atoms with E-state index >= 15 is 0 Å². The number of hydrogen-bond donors (Lipinski definition) is 3. The van der Waals surface area contributed by atoms with Crippen LogP contribution in [0.2, 0.25) is 0 Å². The smallest absolute Gasteiger partial charge is 0.193 e. The highest BCUT2D eigenvalue weighted by atomic mass is 16.3. The Morgan fingerprint density at radius 3 is 2.28 bits per heavy atom. The summed E-state index contributed by atoms with van der Waals surface area (Å²) in [6.45, 7) is 1.94. The molecule has 0 spiro atoms. The van der Waals surface area contributed by atoms with E-state index in [0.717, 1.165) is 31.3 Å². The zero-order chi connectivity index (χ0) is 17.7. The number of aliphatic hydroxyl groups is 1. The average molecular weight is 351 g/mol. The second-order valence-corrected chi connectivity index (χ2v) is 8.83. The van der Waals surface area contributed by atoms with E-state index in [-0.39, 0.29) is 5.54 Å². The van der Waals surface area contributed by atoms with E-state index in [1.54, 1.807) is 4.90 Å². The first-order valence-corrected chi connectivity index (χ1v) is 10.5. The SMILES string of the molecule is CN1C(N)=NC(CNCC2CCCCC2)(CC2CCCCC2)CC1O. The van der Waals surface area contributed by atoms with Gasteiger partial charge < -0.3 is 21.1 Å². The molecule has 0 aromatic carbocycles. The molecule has 1 aliphatic heterocycles. The van der Waals surface area contributed by atoms with Gasteiger partial charge in [0.25, 0.3) is 0 Å². The largest absolute Gasteiger partial charge is 0.373 e. The molecule has 5 heteroatoms. The van der Waals surface area contributed by atoms with Crippen molar-refractivity contribution in [2.75, 3.05) is 20.1 Å². The van der Waals surface area contributed by atoms with Gasteiger partial charge in [0.2, 0.25) is 0 Å². The molecule has 2 atom stereocenters. The van der Waals surface area contributed by atoms with Gasteiger partial charge in [0.15, 0.2) is 5.96 Å². The molecule has 5 nitrogen and oxygen atoms in total. The molecule has 0 radical (unpaired) electrons. The molecule has 2 unspecified atom stereocenters. The highest BCUT2D eigenvalue weighted by Gasteiger charge is 2.40. The number of aliphatic imine (C=N–C) groups is 1. The molecule has 3 rings (SSSR count). The third-order valence-corrected chi connectivity index (χ3v) is 6.73. The number of hydrogen-bond acceptors (Lipinski definition) is 5. The van der Waals surface area contributed by atoms with Crippen molar-refractivity contribution in [3.05, 3.63) is 0 Å². The normalized spacial score (nSPS) is 32.6. The molecule has 0 amide bonds. The van der Waals surface area contributed by atoms with E-state index in [1.165, 1.54) is 64.2 Å². The standard InChI is InChI=1S/C20H38N4O/c1-24-18(25)13-20(23-19(24)21,12-16-8-4-2-5-9-16)15-22-14-17-10-6-3-7-11-17/h16-18,22,25H,2-15H2,1H3,(H2,21,23). The van der Waals surface area contributed by atoms with Crippen LogP contribution in [0.25, 0.3) is 0 Å². The molecule has 0 bridgehead atoms. The predicted molar refractivity (Wildman–Crippen MR) is 103 cm³/mol. The summed E-state index contributed by atoms with van der Waals surface area (Å²) < 4.78 is 0. The topological polar surface area (TPSA) is 73.9 Å². The molecule has 1 heterocycles. The molecule has 0 saturated heterocycles. The first kappa shape index (κ1) is 19.0. The molecule has 144 valence electrons. The van der Waals surface area contributed by atoms with Crippen molar-refractivity contribution >= 4 is 5.96 Å². The molecule has 3 aliphatic rings. The third kappa shape index (κ3) is 5.10. The van der Waals surface area contributed by atoms with Crippen molar-refractivity contribution in [1.29, 1.82) is 0 Å². The van der Waals surface area contributed by atoms with Gasteiger partial charge in [-0.25, -0.2) is 4.99 Å². The van der Waals surface area contributed by atoms with E-state index < -0.39 is 6.23 Å². The van der Waals surface area contributed by atoms with E-state index in [0.29, 0.717) is 12.4 Å². The summed E-state index contributed by atoms with van der Waals surface area (Å²) in [5.74, 6) is 2.05. The van der Waals surface area contributed by atoms with Gasteiger partial charge in [0, 0.05) is 20.0 Å². The minimum atomic E-state index is -0.516. The molecule has 0 aromatic rings. The fraction of sp³-hybridized carbons (Fsp3) is 0.950. The Hall–Kier alpha value is -0.810. The number of aliphatic hydroxyl groups excluding tert-OH is 1. The Morgan fingerprint density at radius 1 is 1.08 bits per heavy atom. The monoisotopic (exact) mass is 350 g/mol. The molecule has 0 aromatic heterocycles. The van der Waals surface area contributed by atoms with Gasteiger partial charge in [0.1, 0.15) is 6.23 Å². The maximum Gasteiger partial charge on any atom is 0.193 e. The maximum absolute atomic E-state index is 10.5. The van der Waals surface area contributed by atoms with Gasteiger partial charge in [-0.05, 0) is 37.6 Å². The number of guanidine groups is 1. The highest BCUT2D eigenvalue weighted by molar-refractivity contribution is 5.79. The first-order chi connectivity index (χ1) is 12.1. The van der Waals surface area contributed by atoms with Gasteiger partial charge in [-0.15, -0.1) is 0 Å². The van der Waals surface area contributed by atoms with E-state index in [4.69, 9.17) is 10.7 Å². The first-order valence-electron chi connectivity index (χ1n) is 10.5. The summed E-state index contributed by atoms with van der Waals surface area (Å²) >= 11 is 0. The minimum Gasteiger partial charge on any atom is -0.373 e. The van der Waals surface area contributed by atoms with Crippen molar-refractivity contribution in [2.24, 2.45) is 22.6 Å². The van der Waals surface area contributed by atoms with Gasteiger partial charge in [-0.1, -0.05) is 51.4 Å². The lowest BCUT2D eigenvalue weighted by molar-refractivity contribution is 0.0196. The molecular weight excluding hydrogens is 312 g/mol. The number of rotatable bonds is 6. The Bertz CT molecular complexity index is 443. The second kappa shape index (κ2) is 8.72. The summed E-state index contributed by atoms with van der Waals surface area (Å²) in [7, 11) is 1.84. The molecule has 2 aliphatic carbocycles. The van der Waals surface area contributed by atoms with Crippen LogP contribution < -0.4 is 11.1 Å². The van der Waals surface area contributed by atoms with E-state index in [1.807, 2.05) is 7.05 Å². The van der Waals surface area contributed by atoms with Crippen molar-refractivity contribution in [3.63, 3.8) is 0 Å². The van der Waals surface area contributed by atoms with E-state index in [2.05, 4.69) is 5.32 Å². The van der Waals surface area contributed by atoms with Crippen molar-refractivity contribution in [2.45, 2.75) is 88.8 Å². The van der Waals surface area contributed by atoms with Crippen LogP contribution in [0, 0.1) is 11.8 Å². The second-order valence-electron chi connectivity index (χ2n) is 8.83. The summed E-state index contributed by atoms with van der Waals surface area (Å²) in [4.78, 5) is 6.63. The van der Waals surface area contributed by atoms with Crippen LogP contribution in [0.4, 0.5) is 0 Å². The Balaban J connectivity index is 1.63. The van der Waals surface area contributed by atoms with Crippen LogP contribution in [0.1, 0.15) is 77.0 Å². The molecular formula is C20H38N4O. The molecule has 25 heavy (non-hydrogen) atoms. The predicted octanol–water partition coefficient (Wildman–Crippen LogP) is 2.83. The Kier molecular flexibility index (Phi) is 6.61. The van der Waals surface area contributed by atoms with Crippen molar-refractivity contribution in [1.82, 2.24) is 10.2 Å². The highest BCUT2D eigenvalue weighted by Crippen LogP contribution is 2.36. The number of nitrogens with two attached hydrogens (primary N) is 1. The van der Waals surface area contributed by atoms with E-state index in [9.17, 15) is 5.11 Å². The summed E-state index contributed by atoms with van der Waals surface area (Å²) in [6, 6.07) is 0. The van der Waals surface area contributed by atoms with Crippen LogP contribution in [0.15, 0.2) is 4.99 Å². The quantitative estimate of drug-likeness (QED) is 0.689. The number of nitrogens with one attached hydrogen (secondary N) is 1. The van der Waals surface area contributed by atoms with Crippen molar-refractivity contribution in [3.8, 4) is 0 Å². The van der Waals surface area contributed by atoms with Gasteiger partial charge in [-0.3, -0.25) is 0 Å². The summed E-state index contributed by atoms with van der Waals surface area (Å²) in [5, 5.41) is 14.2.